The van der Waals surface area contributed by atoms with E-state index >= 15 is 0 Å². The second-order valence-corrected chi connectivity index (χ2v) is 17.9. The van der Waals surface area contributed by atoms with Gasteiger partial charge in [-0.15, -0.1) is 0 Å². The first-order valence-corrected chi connectivity index (χ1v) is 23.7. The number of halogens is 3. The minimum atomic E-state index is -4.14. The van der Waals surface area contributed by atoms with Crippen molar-refractivity contribution in [3.05, 3.63) is 120 Å². The highest BCUT2D eigenvalue weighted by atomic mass is 32.3. The molecule has 0 bridgehead atoms. The third-order valence-corrected chi connectivity index (χ3v) is 11.4. The average Bonchev–Trinajstić information content (AvgIpc) is 4.05. The lowest BCUT2D eigenvalue weighted by atomic mass is 10.2. The van der Waals surface area contributed by atoms with Crippen LogP contribution in [0.25, 0.3) is 0 Å². The average molecular weight is 1040 g/mol. The number of ether oxygens (including phenoxy) is 4. The molecule has 4 aliphatic heterocycles. The van der Waals surface area contributed by atoms with Crippen molar-refractivity contribution in [3.63, 3.8) is 0 Å². The Bertz CT molecular complexity index is 2840. The molecule has 31 heteroatoms. The number of hydrogen-bond acceptors (Lipinski definition) is 24. The molecule has 8 rings (SSSR count). The highest BCUT2D eigenvalue weighted by Crippen LogP contribution is 2.23. The predicted molar refractivity (Wildman–Crippen MR) is 212 cm³/mol. The summed E-state index contributed by atoms with van der Waals surface area (Å²) in [4.78, 5) is 45.8. The van der Waals surface area contributed by atoms with Crippen LogP contribution in [0.4, 0.5) is 13.2 Å². The van der Waals surface area contributed by atoms with E-state index in [2.05, 4.69) is 38.2 Å². The SMILES string of the molecule is Cc1ccccc1OC(=O)C1COS(=O)(=O)O1.O=C(Oc1ccc(F)cc1)C1COS(=O)(=O)O1.O=C(Oc1cccc(F)c1)C1COS(=O)(=O)O1.O=C(Oc1ccccc1F)C1COS(=O)(=O)O1. The summed E-state index contributed by atoms with van der Waals surface area (Å²) in [6.07, 6.45) is -5.33. The van der Waals surface area contributed by atoms with Gasteiger partial charge < -0.3 is 18.9 Å². The molecule has 4 saturated heterocycles. The molecule has 4 aromatic rings. The number of hydrogen-bond donors (Lipinski definition) is 0. The van der Waals surface area contributed by atoms with Crippen LogP contribution in [0.3, 0.4) is 0 Å². The molecule has 24 nitrogen and oxygen atoms in total. The Kier molecular flexibility index (Phi) is 17.8. The van der Waals surface area contributed by atoms with E-state index in [-0.39, 0.29) is 23.9 Å². The lowest BCUT2D eigenvalue weighted by molar-refractivity contribution is -0.142. The summed E-state index contributed by atoms with van der Waals surface area (Å²) in [5.41, 5.74) is 0.766. The van der Waals surface area contributed by atoms with E-state index in [0.717, 1.165) is 29.8 Å². The Labute approximate surface area is 383 Å². The first-order chi connectivity index (χ1) is 31.9. The van der Waals surface area contributed by atoms with Gasteiger partial charge in [0.1, 0.15) is 55.3 Å². The molecule has 4 aromatic carbocycles. The fourth-order valence-corrected chi connectivity index (χ4v) is 7.80. The molecule has 4 aliphatic rings. The molecule has 0 radical (unpaired) electrons. The Morgan fingerprint density at radius 3 is 1.22 bits per heavy atom. The van der Waals surface area contributed by atoms with Crippen LogP contribution < -0.4 is 18.9 Å². The summed E-state index contributed by atoms with van der Waals surface area (Å²) >= 11 is 0. The summed E-state index contributed by atoms with van der Waals surface area (Å²) < 4.78 is 178. The maximum absolute atomic E-state index is 13.1. The van der Waals surface area contributed by atoms with Crippen LogP contribution in [0.2, 0.25) is 0 Å². The predicted octanol–water partition coefficient (Wildman–Crippen LogP) is 1.73. The van der Waals surface area contributed by atoms with E-state index < -0.39 is 127 Å². The van der Waals surface area contributed by atoms with Crippen molar-refractivity contribution in [2.75, 3.05) is 26.4 Å². The Morgan fingerprint density at radius 1 is 0.441 bits per heavy atom. The monoisotopic (exact) mass is 1040 g/mol. The zero-order valence-corrected chi connectivity index (χ0v) is 37.2. The van der Waals surface area contributed by atoms with E-state index in [1.165, 1.54) is 48.5 Å². The minimum absolute atomic E-state index is 0.0390. The van der Waals surface area contributed by atoms with Crippen LogP contribution in [0.5, 0.6) is 23.0 Å². The first-order valence-electron chi connectivity index (χ1n) is 18.4. The molecule has 4 unspecified atom stereocenters. The molecule has 0 spiro atoms. The second kappa shape index (κ2) is 22.9. The molecule has 68 heavy (non-hydrogen) atoms. The minimum Gasteiger partial charge on any atom is -0.425 e. The lowest BCUT2D eigenvalue weighted by Gasteiger charge is -2.08. The zero-order chi connectivity index (χ0) is 49.9. The molecule has 0 N–H and O–H groups in total. The fraction of sp³-hybridized carbons (Fsp3) is 0.243. The van der Waals surface area contributed by atoms with Gasteiger partial charge in [0.2, 0.25) is 24.4 Å². The zero-order valence-electron chi connectivity index (χ0n) is 33.9. The Balaban J connectivity index is 0.000000169. The van der Waals surface area contributed by atoms with Crippen LogP contribution in [-0.2, 0) is 94.2 Å². The van der Waals surface area contributed by atoms with Gasteiger partial charge in [-0.2, -0.15) is 33.7 Å². The number of benzene rings is 4. The van der Waals surface area contributed by atoms with Crippen molar-refractivity contribution in [2.45, 2.75) is 31.3 Å². The van der Waals surface area contributed by atoms with E-state index in [9.17, 15) is 66.0 Å². The van der Waals surface area contributed by atoms with Crippen LogP contribution in [0.15, 0.2) is 97.1 Å². The third-order valence-electron chi connectivity index (χ3n) is 7.84. The lowest BCUT2D eigenvalue weighted by Crippen LogP contribution is -2.28. The van der Waals surface area contributed by atoms with Gasteiger partial charge >= 0.3 is 65.5 Å². The standard InChI is InChI=1S/C10H10O6S.3C9H7FO6S/c1-7-4-2-3-5-8(7)15-10(11)9-6-14-17(12,13)16-9;10-6-1-3-7(4-2-6)15-9(11)8-5-14-17(12,13)16-8;10-6-2-1-3-7(4-6)15-9(11)8-5-14-17(12,13)16-8;10-6-3-1-2-4-7(6)15-9(11)8-5-14-17(12,13)16-8/h2-5,9H,6H2,1H3;3*1-4,8H,5H2. The van der Waals surface area contributed by atoms with Gasteiger partial charge in [0, 0.05) is 6.07 Å². The molecule has 0 saturated carbocycles. The van der Waals surface area contributed by atoms with Crippen LogP contribution in [0.1, 0.15) is 5.56 Å². The topological polar surface area (TPSA) is 316 Å². The molecule has 4 heterocycles. The smallest absolute Gasteiger partial charge is 0.400 e. The molecule has 0 aromatic heterocycles. The van der Waals surface area contributed by atoms with Gasteiger partial charge in [-0.05, 0) is 67.1 Å². The maximum Gasteiger partial charge on any atom is 0.400 e. The Morgan fingerprint density at radius 2 is 0.824 bits per heavy atom. The van der Waals surface area contributed by atoms with Gasteiger partial charge in [0.15, 0.2) is 11.6 Å². The highest BCUT2D eigenvalue weighted by Gasteiger charge is 2.40. The fourth-order valence-electron chi connectivity index (χ4n) is 4.74. The van der Waals surface area contributed by atoms with Crippen LogP contribution >= 0.6 is 0 Å². The number of carbonyl (C=O) groups excluding carboxylic acids is 4. The Hall–Kier alpha value is -5.97. The van der Waals surface area contributed by atoms with Crippen molar-refractivity contribution in [1.29, 1.82) is 0 Å². The first kappa shape index (κ1) is 53.0. The van der Waals surface area contributed by atoms with Gasteiger partial charge in [-0.25, -0.2) is 65.8 Å². The quantitative estimate of drug-likeness (QED) is 0.179. The second-order valence-electron chi connectivity index (χ2n) is 12.9. The number of para-hydroxylation sites is 2. The van der Waals surface area contributed by atoms with Crippen LogP contribution in [0, 0.1) is 24.4 Å². The molecule has 368 valence electrons. The third kappa shape index (κ3) is 16.7. The van der Waals surface area contributed by atoms with Gasteiger partial charge in [0.25, 0.3) is 0 Å². The number of aryl methyl sites for hydroxylation is 1. The number of rotatable bonds is 8. The number of carbonyl (C=O) groups is 4. The van der Waals surface area contributed by atoms with Crippen molar-refractivity contribution in [1.82, 2.24) is 0 Å². The van der Waals surface area contributed by atoms with Crippen LogP contribution in [-0.4, -0.2) is 108 Å². The van der Waals surface area contributed by atoms with Crippen molar-refractivity contribution in [3.8, 4) is 23.0 Å². The summed E-state index contributed by atoms with van der Waals surface area (Å²) in [5.74, 6) is -5.38. The van der Waals surface area contributed by atoms with E-state index in [1.54, 1.807) is 31.2 Å². The summed E-state index contributed by atoms with van der Waals surface area (Å²) in [6, 6.07) is 21.6. The van der Waals surface area contributed by atoms with E-state index in [0.29, 0.717) is 5.75 Å². The summed E-state index contributed by atoms with van der Waals surface area (Å²) in [5, 5.41) is 0. The van der Waals surface area contributed by atoms with Crippen molar-refractivity contribution >= 4 is 65.5 Å². The molecular formula is C37H31F3O24S4. The normalized spacial score (nSPS) is 22.3. The highest BCUT2D eigenvalue weighted by molar-refractivity contribution is 7.82. The summed E-state index contributed by atoms with van der Waals surface area (Å²) in [7, 11) is -16.4. The molecular weight excluding hydrogens is 1010 g/mol. The largest absolute Gasteiger partial charge is 0.425 e. The van der Waals surface area contributed by atoms with E-state index in [4.69, 9.17) is 14.2 Å². The molecule has 4 atom stereocenters. The maximum atomic E-state index is 13.1. The van der Waals surface area contributed by atoms with Crippen molar-refractivity contribution in [2.24, 2.45) is 0 Å². The van der Waals surface area contributed by atoms with Gasteiger partial charge in [-0.1, -0.05) is 36.4 Å². The van der Waals surface area contributed by atoms with Crippen molar-refractivity contribution < 1.29 is 118 Å². The molecule has 0 amide bonds. The summed E-state index contributed by atoms with van der Waals surface area (Å²) in [6.45, 7) is 0.0624. The van der Waals surface area contributed by atoms with Gasteiger partial charge in [-0.3, -0.25) is 0 Å². The van der Waals surface area contributed by atoms with E-state index in [1.807, 2.05) is 0 Å². The van der Waals surface area contributed by atoms with Gasteiger partial charge in [0.05, 0.1) is 0 Å². The molecule has 0 aliphatic carbocycles. The molecule has 4 fully saturated rings. The number of esters is 4.